The number of benzene rings is 2. The van der Waals surface area contributed by atoms with E-state index in [1.807, 2.05) is 6.92 Å². The standard InChI is InChI=1S/C20H17FN2O4/c1-2-26-16-9-7-14(8-10-16)11-15(12-22)20(25)27-13-19(24)23-18-6-4-3-5-17(18)21/h3-11H,2,13H2,1H3,(H,23,24)/b15-11+. The Morgan fingerprint density at radius 3 is 2.52 bits per heavy atom. The summed E-state index contributed by atoms with van der Waals surface area (Å²) in [7, 11) is 0. The van der Waals surface area contributed by atoms with Crippen molar-refractivity contribution in [3.05, 3.63) is 65.5 Å². The van der Waals surface area contributed by atoms with Gasteiger partial charge in [-0.15, -0.1) is 0 Å². The number of carbonyl (C=O) groups excluding carboxylic acids is 2. The van der Waals surface area contributed by atoms with Gasteiger partial charge in [-0.1, -0.05) is 24.3 Å². The molecule has 0 heterocycles. The predicted octanol–water partition coefficient (Wildman–Crippen LogP) is 3.31. The fourth-order valence-corrected chi connectivity index (χ4v) is 2.09. The molecule has 6 nitrogen and oxygen atoms in total. The number of esters is 1. The van der Waals surface area contributed by atoms with E-state index in [1.54, 1.807) is 36.4 Å². The Bertz CT molecular complexity index is 886. The quantitative estimate of drug-likeness (QED) is 0.460. The van der Waals surface area contributed by atoms with Crippen molar-refractivity contribution in [2.45, 2.75) is 6.92 Å². The lowest BCUT2D eigenvalue weighted by molar-refractivity contribution is -0.142. The van der Waals surface area contributed by atoms with Crippen LogP contribution in [0.15, 0.2) is 54.1 Å². The molecule has 2 rings (SSSR count). The largest absolute Gasteiger partial charge is 0.494 e. The molecule has 0 radical (unpaired) electrons. The maximum atomic E-state index is 13.5. The van der Waals surface area contributed by atoms with Crippen molar-refractivity contribution in [1.29, 1.82) is 5.26 Å². The summed E-state index contributed by atoms with van der Waals surface area (Å²) in [4.78, 5) is 23.7. The second kappa shape index (κ2) is 9.73. The molecule has 1 N–H and O–H groups in total. The first-order valence-electron chi connectivity index (χ1n) is 8.09. The molecular weight excluding hydrogens is 351 g/mol. The van der Waals surface area contributed by atoms with Crippen molar-refractivity contribution in [1.82, 2.24) is 0 Å². The molecule has 0 atom stereocenters. The van der Waals surface area contributed by atoms with Gasteiger partial charge >= 0.3 is 5.97 Å². The number of amides is 1. The van der Waals surface area contributed by atoms with Crippen molar-refractivity contribution in [2.24, 2.45) is 0 Å². The molecule has 27 heavy (non-hydrogen) atoms. The molecule has 0 aromatic heterocycles. The summed E-state index contributed by atoms with van der Waals surface area (Å²) in [6.07, 6.45) is 1.34. The number of halogens is 1. The van der Waals surface area contributed by atoms with E-state index >= 15 is 0 Å². The number of hydrogen-bond acceptors (Lipinski definition) is 5. The van der Waals surface area contributed by atoms with Gasteiger partial charge in [0, 0.05) is 0 Å². The first-order chi connectivity index (χ1) is 13.0. The van der Waals surface area contributed by atoms with Gasteiger partial charge in [0.25, 0.3) is 5.91 Å². The molecule has 0 bridgehead atoms. The summed E-state index contributed by atoms with van der Waals surface area (Å²) in [5, 5.41) is 11.4. The fraction of sp³-hybridized carbons (Fsp3) is 0.150. The van der Waals surface area contributed by atoms with Crippen LogP contribution in [0.2, 0.25) is 0 Å². The molecule has 0 aliphatic rings. The van der Waals surface area contributed by atoms with Gasteiger partial charge < -0.3 is 14.8 Å². The van der Waals surface area contributed by atoms with E-state index < -0.39 is 24.3 Å². The highest BCUT2D eigenvalue weighted by Crippen LogP contribution is 2.15. The number of para-hydroxylation sites is 1. The molecule has 7 heteroatoms. The van der Waals surface area contributed by atoms with Crippen LogP contribution < -0.4 is 10.1 Å². The number of nitrogens with zero attached hydrogens (tertiary/aromatic N) is 1. The van der Waals surface area contributed by atoms with Gasteiger partial charge in [-0.05, 0) is 42.8 Å². The molecule has 0 saturated heterocycles. The third-order valence-electron chi connectivity index (χ3n) is 3.32. The van der Waals surface area contributed by atoms with Crippen LogP contribution in [0.5, 0.6) is 5.75 Å². The minimum Gasteiger partial charge on any atom is -0.494 e. The number of nitriles is 1. The summed E-state index contributed by atoms with van der Waals surface area (Å²) in [5.74, 6) is -1.60. The van der Waals surface area contributed by atoms with Crippen LogP contribution in [0, 0.1) is 17.1 Å². The van der Waals surface area contributed by atoms with E-state index in [4.69, 9.17) is 14.7 Å². The average Bonchev–Trinajstić information content (AvgIpc) is 2.67. The maximum Gasteiger partial charge on any atom is 0.349 e. The lowest BCUT2D eigenvalue weighted by Crippen LogP contribution is -2.21. The van der Waals surface area contributed by atoms with Crippen LogP contribution in [-0.2, 0) is 14.3 Å². The molecular formula is C20H17FN2O4. The Hall–Kier alpha value is -3.66. The number of hydrogen-bond donors (Lipinski definition) is 1. The Labute approximate surface area is 155 Å². The van der Waals surface area contributed by atoms with E-state index in [2.05, 4.69) is 5.32 Å². The Morgan fingerprint density at radius 1 is 1.19 bits per heavy atom. The average molecular weight is 368 g/mol. The lowest BCUT2D eigenvalue weighted by atomic mass is 10.1. The highest BCUT2D eigenvalue weighted by molar-refractivity contribution is 6.00. The minimum atomic E-state index is -0.949. The Balaban J connectivity index is 1.95. The Morgan fingerprint density at radius 2 is 1.89 bits per heavy atom. The molecule has 0 unspecified atom stereocenters. The Kier molecular flexibility index (Phi) is 7.08. The molecule has 0 fully saturated rings. The summed E-state index contributed by atoms with van der Waals surface area (Å²) >= 11 is 0. The molecule has 2 aromatic rings. The lowest BCUT2D eigenvalue weighted by Gasteiger charge is -2.07. The topological polar surface area (TPSA) is 88.4 Å². The minimum absolute atomic E-state index is 0.0241. The smallest absolute Gasteiger partial charge is 0.349 e. The maximum absolute atomic E-state index is 13.5. The molecule has 0 spiro atoms. The van der Waals surface area contributed by atoms with E-state index in [0.717, 1.165) is 0 Å². The summed E-state index contributed by atoms with van der Waals surface area (Å²) in [5.41, 5.74) is 0.310. The third kappa shape index (κ3) is 5.97. The second-order valence-corrected chi connectivity index (χ2v) is 5.28. The monoisotopic (exact) mass is 368 g/mol. The number of rotatable bonds is 7. The van der Waals surface area contributed by atoms with Crippen LogP contribution in [0.4, 0.5) is 10.1 Å². The van der Waals surface area contributed by atoms with Gasteiger partial charge in [-0.25, -0.2) is 9.18 Å². The van der Waals surface area contributed by atoms with Gasteiger partial charge in [-0.3, -0.25) is 4.79 Å². The van der Waals surface area contributed by atoms with Crippen LogP contribution in [0.1, 0.15) is 12.5 Å². The summed E-state index contributed by atoms with van der Waals surface area (Å²) in [6, 6.07) is 14.1. The van der Waals surface area contributed by atoms with Gasteiger partial charge in [0.05, 0.1) is 12.3 Å². The predicted molar refractivity (Wildman–Crippen MR) is 97.2 cm³/mol. The van der Waals surface area contributed by atoms with Crippen molar-refractivity contribution >= 4 is 23.6 Å². The van der Waals surface area contributed by atoms with Crippen LogP contribution >= 0.6 is 0 Å². The fourth-order valence-electron chi connectivity index (χ4n) is 2.09. The van der Waals surface area contributed by atoms with Crippen LogP contribution in [-0.4, -0.2) is 25.1 Å². The summed E-state index contributed by atoms with van der Waals surface area (Å²) < 4.78 is 23.6. The number of nitrogens with one attached hydrogen (secondary N) is 1. The molecule has 138 valence electrons. The molecule has 2 aromatic carbocycles. The third-order valence-corrected chi connectivity index (χ3v) is 3.32. The first kappa shape index (κ1) is 19.7. The highest BCUT2D eigenvalue weighted by Gasteiger charge is 2.14. The SMILES string of the molecule is CCOc1ccc(/C=C(\C#N)C(=O)OCC(=O)Nc2ccccc2F)cc1. The number of carbonyl (C=O) groups is 2. The van der Waals surface area contributed by atoms with E-state index in [0.29, 0.717) is 17.9 Å². The molecule has 0 aliphatic heterocycles. The van der Waals surface area contributed by atoms with Gasteiger partial charge in [0.15, 0.2) is 6.61 Å². The van der Waals surface area contributed by atoms with E-state index in [-0.39, 0.29) is 11.3 Å². The normalized spacial score (nSPS) is 10.6. The van der Waals surface area contributed by atoms with Crippen LogP contribution in [0.3, 0.4) is 0 Å². The first-order valence-corrected chi connectivity index (χ1v) is 8.09. The molecule has 0 aliphatic carbocycles. The number of anilines is 1. The van der Waals surface area contributed by atoms with E-state index in [1.165, 1.54) is 24.3 Å². The highest BCUT2D eigenvalue weighted by atomic mass is 19.1. The van der Waals surface area contributed by atoms with Gasteiger partial charge in [0.2, 0.25) is 0 Å². The second-order valence-electron chi connectivity index (χ2n) is 5.28. The number of ether oxygens (including phenoxy) is 2. The zero-order valence-electron chi connectivity index (χ0n) is 14.6. The van der Waals surface area contributed by atoms with Crippen molar-refractivity contribution in [3.8, 4) is 11.8 Å². The van der Waals surface area contributed by atoms with Crippen molar-refractivity contribution in [3.63, 3.8) is 0 Å². The van der Waals surface area contributed by atoms with E-state index in [9.17, 15) is 14.0 Å². The van der Waals surface area contributed by atoms with Gasteiger partial charge in [0.1, 0.15) is 23.2 Å². The van der Waals surface area contributed by atoms with Crippen LogP contribution in [0.25, 0.3) is 6.08 Å². The molecule has 0 saturated carbocycles. The zero-order valence-corrected chi connectivity index (χ0v) is 14.6. The molecule has 1 amide bonds. The van der Waals surface area contributed by atoms with Gasteiger partial charge in [-0.2, -0.15) is 5.26 Å². The summed E-state index contributed by atoms with van der Waals surface area (Å²) in [6.45, 7) is 1.75. The zero-order chi connectivity index (χ0) is 19.6. The van der Waals surface area contributed by atoms with Crippen molar-refractivity contribution in [2.75, 3.05) is 18.5 Å². The van der Waals surface area contributed by atoms with Crippen molar-refractivity contribution < 1.29 is 23.5 Å².